The molecule has 0 unspecified atom stereocenters. The van der Waals surface area contributed by atoms with Crippen LogP contribution < -0.4 is 10.6 Å². The van der Waals surface area contributed by atoms with Gasteiger partial charge in [-0.1, -0.05) is 50.2 Å². The van der Waals surface area contributed by atoms with E-state index in [-0.39, 0.29) is 5.82 Å². The van der Waals surface area contributed by atoms with E-state index in [0.717, 1.165) is 34.7 Å². The Labute approximate surface area is 180 Å². The standard InChI is InChI=1S/C23H24FN7/c1-15(2)13-31(14-16-7-9-17(24)10-8-16)22-12-18(25)11-21(26-22)19-5-3-4-6-20(19)23-27-29-30-28-23/h3-12,15H,13-14H2,1-2H3,(H2,25,26)(H,27,28,29,30). The summed E-state index contributed by atoms with van der Waals surface area (Å²) in [6.07, 6.45) is 0. The van der Waals surface area contributed by atoms with E-state index in [0.29, 0.717) is 24.0 Å². The SMILES string of the molecule is CC(C)CN(Cc1ccc(F)cc1)c1cc(N)cc(-c2ccccc2-c2nnn[nH]2)n1. The van der Waals surface area contributed by atoms with Crippen molar-refractivity contribution in [3.8, 4) is 22.6 Å². The molecule has 0 aliphatic carbocycles. The van der Waals surface area contributed by atoms with Crippen LogP contribution in [0.5, 0.6) is 0 Å². The van der Waals surface area contributed by atoms with Gasteiger partial charge in [0.05, 0.1) is 5.69 Å². The van der Waals surface area contributed by atoms with Crippen LogP contribution in [0.2, 0.25) is 0 Å². The van der Waals surface area contributed by atoms with Crippen LogP contribution >= 0.6 is 0 Å². The molecule has 7 nitrogen and oxygen atoms in total. The number of pyridine rings is 1. The molecule has 0 atom stereocenters. The van der Waals surface area contributed by atoms with Gasteiger partial charge in [-0.05, 0) is 40.1 Å². The van der Waals surface area contributed by atoms with Crippen LogP contribution in [0.25, 0.3) is 22.6 Å². The third kappa shape index (κ3) is 4.85. The van der Waals surface area contributed by atoms with Crippen LogP contribution in [-0.4, -0.2) is 32.2 Å². The highest BCUT2D eigenvalue weighted by molar-refractivity contribution is 5.80. The average Bonchev–Trinajstić information content (AvgIpc) is 3.29. The number of aromatic amines is 1. The maximum absolute atomic E-state index is 13.3. The normalized spacial score (nSPS) is 11.1. The number of nitrogens with zero attached hydrogens (tertiary/aromatic N) is 5. The Hall–Kier alpha value is -3.81. The van der Waals surface area contributed by atoms with Crippen LogP contribution in [0.4, 0.5) is 15.9 Å². The van der Waals surface area contributed by atoms with Crippen molar-refractivity contribution in [3.63, 3.8) is 0 Å². The fraction of sp³-hybridized carbons (Fsp3) is 0.217. The van der Waals surface area contributed by atoms with Gasteiger partial charge in [-0.15, -0.1) is 5.10 Å². The lowest BCUT2D eigenvalue weighted by atomic mass is 10.0. The molecule has 2 heterocycles. The van der Waals surface area contributed by atoms with Gasteiger partial charge in [-0.25, -0.2) is 14.5 Å². The Morgan fingerprint density at radius 3 is 2.45 bits per heavy atom. The van der Waals surface area contributed by atoms with E-state index in [1.54, 1.807) is 12.1 Å². The van der Waals surface area contributed by atoms with Crippen LogP contribution in [-0.2, 0) is 6.54 Å². The summed E-state index contributed by atoms with van der Waals surface area (Å²) in [4.78, 5) is 7.09. The molecule has 31 heavy (non-hydrogen) atoms. The van der Waals surface area contributed by atoms with E-state index in [2.05, 4.69) is 39.4 Å². The van der Waals surface area contributed by atoms with Gasteiger partial charge in [-0.2, -0.15) is 0 Å². The van der Waals surface area contributed by atoms with Gasteiger partial charge in [0, 0.05) is 36.0 Å². The van der Waals surface area contributed by atoms with Crippen molar-refractivity contribution in [2.75, 3.05) is 17.2 Å². The molecule has 0 amide bonds. The second-order valence-corrected chi connectivity index (χ2v) is 7.84. The molecule has 0 aliphatic heterocycles. The van der Waals surface area contributed by atoms with Gasteiger partial charge in [0.15, 0.2) is 5.82 Å². The molecule has 0 spiro atoms. The number of aromatic nitrogens is 5. The summed E-state index contributed by atoms with van der Waals surface area (Å²) in [5.41, 5.74) is 10.3. The minimum atomic E-state index is -0.248. The molecule has 4 rings (SSSR count). The Bertz CT molecular complexity index is 1140. The highest BCUT2D eigenvalue weighted by Gasteiger charge is 2.16. The second kappa shape index (κ2) is 8.91. The summed E-state index contributed by atoms with van der Waals surface area (Å²) in [6, 6.07) is 18.0. The van der Waals surface area contributed by atoms with E-state index in [1.165, 1.54) is 12.1 Å². The smallest absolute Gasteiger partial charge is 0.180 e. The molecule has 0 saturated carbocycles. The van der Waals surface area contributed by atoms with Crippen molar-refractivity contribution in [2.24, 2.45) is 5.92 Å². The largest absolute Gasteiger partial charge is 0.399 e. The number of benzene rings is 2. The summed E-state index contributed by atoms with van der Waals surface area (Å²) in [6.45, 7) is 5.68. The lowest BCUT2D eigenvalue weighted by Crippen LogP contribution is -2.28. The predicted octanol–water partition coefficient (Wildman–Crippen LogP) is 4.31. The zero-order valence-electron chi connectivity index (χ0n) is 17.5. The summed E-state index contributed by atoms with van der Waals surface area (Å²) in [5, 5.41) is 14.2. The third-order valence-corrected chi connectivity index (χ3v) is 4.83. The summed E-state index contributed by atoms with van der Waals surface area (Å²) in [5.74, 6) is 1.48. The summed E-state index contributed by atoms with van der Waals surface area (Å²) in [7, 11) is 0. The number of rotatable bonds is 7. The summed E-state index contributed by atoms with van der Waals surface area (Å²) < 4.78 is 13.3. The van der Waals surface area contributed by atoms with Crippen molar-refractivity contribution >= 4 is 11.5 Å². The third-order valence-electron chi connectivity index (χ3n) is 4.83. The van der Waals surface area contributed by atoms with E-state index in [1.807, 2.05) is 36.4 Å². The molecule has 2 aromatic carbocycles. The molecule has 3 N–H and O–H groups in total. The van der Waals surface area contributed by atoms with E-state index in [4.69, 9.17) is 10.7 Å². The quantitative estimate of drug-likeness (QED) is 0.465. The van der Waals surface area contributed by atoms with Crippen LogP contribution in [0.3, 0.4) is 0 Å². The van der Waals surface area contributed by atoms with Crippen LogP contribution in [0, 0.1) is 11.7 Å². The van der Waals surface area contributed by atoms with Gasteiger partial charge >= 0.3 is 0 Å². The first kappa shape index (κ1) is 20.5. The van der Waals surface area contributed by atoms with Gasteiger partial charge in [0.1, 0.15) is 11.6 Å². The second-order valence-electron chi connectivity index (χ2n) is 7.84. The number of anilines is 2. The van der Waals surface area contributed by atoms with Crippen molar-refractivity contribution in [2.45, 2.75) is 20.4 Å². The monoisotopic (exact) mass is 417 g/mol. The van der Waals surface area contributed by atoms with E-state index < -0.39 is 0 Å². The fourth-order valence-electron chi connectivity index (χ4n) is 3.51. The summed E-state index contributed by atoms with van der Waals surface area (Å²) >= 11 is 0. The highest BCUT2D eigenvalue weighted by Crippen LogP contribution is 2.32. The zero-order valence-corrected chi connectivity index (χ0v) is 17.5. The molecule has 0 bridgehead atoms. The van der Waals surface area contributed by atoms with Crippen molar-refractivity contribution in [3.05, 3.63) is 72.0 Å². The number of nitrogen functional groups attached to an aromatic ring is 1. The average molecular weight is 417 g/mol. The van der Waals surface area contributed by atoms with Gasteiger partial charge in [0.2, 0.25) is 0 Å². The van der Waals surface area contributed by atoms with Crippen molar-refractivity contribution < 1.29 is 4.39 Å². The fourth-order valence-corrected chi connectivity index (χ4v) is 3.51. The molecule has 8 heteroatoms. The first-order valence-corrected chi connectivity index (χ1v) is 10.1. The number of nitrogens with one attached hydrogen (secondary N) is 1. The van der Waals surface area contributed by atoms with E-state index in [9.17, 15) is 4.39 Å². The van der Waals surface area contributed by atoms with Gasteiger partial charge in [-0.3, -0.25) is 0 Å². The number of H-pyrrole nitrogens is 1. The molecule has 158 valence electrons. The highest BCUT2D eigenvalue weighted by atomic mass is 19.1. The van der Waals surface area contributed by atoms with Gasteiger partial charge < -0.3 is 10.6 Å². The molecule has 2 aromatic heterocycles. The molecule has 0 fully saturated rings. The number of halogens is 1. The first-order valence-electron chi connectivity index (χ1n) is 10.1. The maximum Gasteiger partial charge on any atom is 0.180 e. The molecular weight excluding hydrogens is 393 g/mol. The minimum absolute atomic E-state index is 0.248. The van der Waals surface area contributed by atoms with E-state index >= 15 is 0 Å². The zero-order chi connectivity index (χ0) is 21.8. The van der Waals surface area contributed by atoms with Gasteiger partial charge in [0.25, 0.3) is 0 Å². The molecule has 0 aliphatic rings. The predicted molar refractivity (Wildman–Crippen MR) is 120 cm³/mol. The van der Waals surface area contributed by atoms with Crippen LogP contribution in [0.1, 0.15) is 19.4 Å². The number of tetrazole rings is 1. The lowest BCUT2D eigenvalue weighted by molar-refractivity contribution is 0.602. The molecule has 0 saturated heterocycles. The molecular formula is C23H24FN7. The Balaban J connectivity index is 1.74. The lowest BCUT2D eigenvalue weighted by Gasteiger charge is -2.27. The Morgan fingerprint density at radius 2 is 1.77 bits per heavy atom. The number of hydrogen-bond acceptors (Lipinski definition) is 6. The minimum Gasteiger partial charge on any atom is -0.399 e. The first-order chi connectivity index (χ1) is 15.0. The maximum atomic E-state index is 13.3. The van der Waals surface area contributed by atoms with Crippen molar-refractivity contribution in [1.82, 2.24) is 25.6 Å². The van der Waals surface area contributed by atoms with Crippen LogP contribution in [0.15, 0.2) is 60.7 Å². The number of nitrogens with two attached hydrogens (primary N) is 1. The Kier molecular flexibility index (Phi) is 5.88. The topological polar surface area (TPSA) is 96.6 Å². The Morgan fingerprint density at radius 1 is 1.03 bits per heavy atom. The van der Waals surface area contributed by atoms with Crippen molar-refractivity contribution in [1.29, 1.82) is 0 Å². The molecule has 4 aromatic rings. The number of hydrogen-bond donors (Lipinski definition) is 2. The molecule has 0 radical (unpaired) electrons.